The number of likely N-dealkylation sites (tertiary alicyclic amines) is 1. The first-order valence-corrected chi connectivity index (χ1v) is 10.7. The number of piperidine rings is 1. The van der Waals surface area contributed by atoms with Gasteiger partial charge >= 0.3 is 0 Å². The van der Waals surface area contributed by atoms with Gasteiger partial charge in [0.2, 0.25) is 5.91 Å². The summed E-state index contributed by atoms with van der Waals surface area (Å²) in [7, 11) is 0. The van der Waals surface area contributed by atoms with Crippen LogP contribution in [0.1, 0.15) is 36.8 Å². The van der Waals surface area contributed by atoms with Gasteiger partial charge in [0.05, 0.1) is 24.9 Å². The Labute approximate surface area is 171 Å². The third-order valence-electron chi connectivity index (χ3n) is 6.23. The summed E-state index contributed by atoms with van der Waals surface area (Å²) in [5, 5.41) is 0.666. The molecule has 2 saturated heterocycles. The molecule has 0 aliphatic carbocycles. The standard InChI is InChI=1S/C23H30N2O4/c1-17-2-4-21-20(14-17)23(27)19(16-29-21)15-24-8-6-18(7-9-24)3-5-22(26)25-10-12-28-13-11-25/h2,4,14,16,18H,3,5-13,15H2,1H3. The zero-order valence-corrected chi connectivity index (χ0v) is 17.2. The minimum absolute atomic E-state index is 0.0770. The zero-order valence-electron chi connectivity index (χ0n) is 17.2. The van der Waals surface area contributed by atoms with Crippen molar-refractivity contribution in [2.45, 2.75) is 39.2 Å². The second-order valence-corrected chi connectivity index (χ2v) is 8.34. The Bertz CT molecular complexity index is 909. The quantitative estimate of drug-likeness (QED) is 0.775. The molecule has 6 nitrogen and oxygen atoms in total. The van der Waals surface area contributed by atoms with Gasteiger partial charge < -0.3 is 14.1 Å². The molecule has 6 heteroatoms. The summed E-state index contributed by atoms with van der Waals surface area (Å²) in [5.41, 5.74) is 2.51. The normalized spacial score (nSPS) is 19.0. The molecule has 156 valence electrons. The van der Waals surface area contributed by atoms with Crippen molar-refractivity contribution in [1.82, 2.24) is 9.80 Å². The second kappa shape index (κ2) is 9.09. The molecular formula is C23H30N2O4. The summed E-state index contributed by atoms with van der Waals surface area (Å²) in [6.07, 6.45) is 5.37. The highest BCUT2D eigenvalue weighted by molar-refractivity contribution is 5.77. The summed E-state index contributed by atoms with van der Waals surface area (Å²) in [6.45, 7) is 7.31. The van der Waals surface area contributed by atoms with Crippen molar-refractivity contribution >= 4 is 16.9 Å². The number of hydrogen-bond acceptors (Lipinski definition) is 5. The van der Waals surface area contributed by atoms with E-state index in [-0.39, 0.29) is 11.3 Å². The van der Waals surface area contributed by atoms with Crippen LogP contribution >= 0.6 is 0 Å². The zero-order chi connectivity index (χ0) is 20.2. The predicted molar refractivity (Wildman–Crippen MR) is 112 cm³/mol. The molecular weight excluding hydrogens is 368 g/mol. The SMILES string of the molecule is Cc1ccc2occ(CN3CCC(CCC(=O)N4CCOCC4)CC3)c(=O)c2c1. The van der Waals surface area contributed by atoms with E-state index >= 15 is 0 Å². The summed E-state index contributed by atoms with van der Waals surface area (Å²) < 4.78 is 11.0. The van der Waals surface area contributed by atoms with Crippen LogP contribution in [0.25, 0.3) is 11.0 Å². The highest BCUT2D eigenvalue weighted by Gasteiger charge is 2.23. The van der Waals surface area contributed by atoms with Gasteiger partial charge in [-0.1, -0.05) is 11.6 Å². The Morgan fingerprint density at radius 3 is 2.66 bits per heavy atom. The number of rotatable bonds is 5. The molecule has 4 rings (SSSR count). The molecule has 2 fully saturated rings. The first-order valence-electron chi connectivity index (χ1n) is 10.7. The van der Waals surface area contributed by atoms with Crippen molar-refractivity contribution in [2.24, 2.45) is 5.92 Å². The summed E-state index contributed by atoms with van der Waals surface area (Å²) >= 11 is 0. The van der Waals surface area contributed by atoms with Crippen molar-refractivity contribution < 1.29 is 13.9 Å². The number of amides is 1. The molecule has 0 bridgehead atoms. The van der Waals surface area contributed by atoms with Crippen LogP contribution in [0.2, 0.25) is 0 Å². The van der Waals surface area contributed by atoms with Gasteiger partial charge in [-0.15, -0.1) is 0 Å². The minimum Gasteiger partial charge on any atom is -0.464 e. The fourth-order valence-corrected chi connectivity index (χ4v) is 4.37. The molecule has 1 amide bonds. The van der Waals surface area contributed by atoms with Gasteiger partial charge in [0.15, 0.2) is 5.43 Å². The highest BCUT2D eigenvalue weighted by Crippen LogP contribution is 2.24. The minimum atomic E-state index is 0.0770. The lowest BCUT2D eigenvalue weighted by atomic mass is 9.91. The largest absolute Gasteiger partial charge is 0.464 e. The molecule has 1 aromatic carbocycles. The van der Waals surface area contributed by atoms with Crippen LogP contribution in [0, 0.1) is 12.8 Å². The number of benzene rings is 1. The molecule has 0 radical (unpaired) electrons. The Balaban J connectivity index is 1.28. The molecule has 29 heavy (non-hydrogen) atoms. The lowest BCUT2D eigenvalue weighted by Crippen LogP contribution is -2.41. The van der Waals surface area contributed by atoms with Crippen molar-refractivity contribution in [2.75, 3.05) is 39.4 Å². The van der Waals surface area contributed by atoms with E-state index in [1.54, 1.807) is 6.26 Å². The van der Waals surface area contributed by atoms with Crippen molar-refractivity contribution in [3.63, 3.8) is 0 Å². The maximum absolute atomic E-state index is 12.8. The van der Waals surface area contributed by atoms with Crippen LogP contribution in [0.15, 0.2) is 33.7 Å². The topological polar surface area (TPSA) is 63.0 Å². The molecule has 0 atom stereocenters. The van der Waals surface area contributed by atoms with Gasteiger partial charge in [-0.3, -0.25) is 14.5 Å². The third kappa shape index (κ3) is 4.87. The fraction of sp³-hybridized carbons (Fsp3) is 0.565. The van der Waals surface area contributed by atoms with E-state index in [9.17, 15) is 9.59 Å². The smallest absolute Gasteiger partial charge is 0.222 e. The van der Waals surface area contributed by atoms with Gasteiger partial charge in [0, 0.05) is 31.6 Å². The van der Waals surface area contributed by atoms with Gasteiger partial charge in [-0.2, -0.15) is 0 Å². The molecule has 1 aromatic heterocycles. The number of carbonyl (C=O) groups excluding carboxylic acids is 1. The molecule has 0 unspecified atom stereocenters. The van der Waals surface area contributed by atoms with Crippen LogP contribution < -0.4 is 5.43 Å². The number of hydrogen-bond donors (Lipinski definition) is 0. The van der Waals surface area contributed by atoms with E-state index in [2.05, 4.69) is 4.90 Å². The maximum atomic E-state index is 12.8. The van der Waals surface area contributed by atoms with E-state index in [1.165, 1.54) is 0 Å². The van der Waals surface area contributed by atoms with E-state index in [4.69, 9.17) is 9.15 Å². The maximum Gasteiger partial charge on any atom is 0.222 e. The van der Waals surface area contributed by atoms with Crippen LogP contribution in [-0.4, -0.2) is 55.1 Å². The average molecular weight is 399 g/mol. The Kier molecular flexibility index (Phi) is 6.31. The first kappa shape index (κ1) is 20.1. The van der Waals surface area contributed by atoms with Gasteiger partial charge in [0.25, 0.3) is 0 Å². The lowest BCUT2D eigenvalue weighted by molar-refractivity contribution is -0.135. The van der Waals surface area contributed by atoms with Crippen molar-refractivity contribution in [3.05, 3.63) is 45.8 Å². The van der Waals surface area contributed by atoms with Crippen LogP contribution in [0.3, 0.4) is 0 Å². The molecule has 2 aliphatic heterocycles. The monoisotopic (exact) mass is 398 g/mol. The summed E-state index contributed by atoms with van der Waals surface area (Å²) in [6, 6.07) is 5.72. The van der Waals surface area contributed by atoms with Crippen LogP contribution in [0.5, 0.6) is 0 Å². The van der Waals surface area contributed by atoms with E-state index in [1.807, 2.05) is 30.0 Å². The van der Waals surface area contributed by atoms with E-state index in [0.29, 0.717) is 43.1 Å². The van der Waals surface area contributed by atoms with E-state index < -0.39 is 0 Å². The number of carbonyl (C=O) groups is 1. The molecule has 0 saturated carbocycles. The molecule has 0 spiro atoms. The predicted octanol–water partition coefficient (Wildman–Crippen LogP) is 2.95. The molecule has 0 N–H and O–H groups in total. The Hall–Kier alpha value is -2.18. The number of ether oxygens (including phenoxy) is 1. The van der Waals surface area contributed by atoms with Gasteiger partial charge in [-0.05, 0) is 57.3 Å². The van der Waals surface area contributed by atoms with Gasteiger partial charge in [0.1, 0.15) is 5.58 Å². The van der Waals surface area contributed by atoms with Crippen LogP contribution in [0.4, 0.5) is 0 Å². The van der Waals surface area contributed by atoms with Crippen molar-refractivity contribution in [3.8, 4) is 0 Å². The summed E-state index contributed by atoms with van der Waals surface area (Å²) in [5.74, 6) is 0.853. The Morgan fingerprint density at radius 1 is 1.14 bits per heavy atom. The number of nitrogens with zero attached hydrogens (tertiary/aromatic N) is 2. The molecule has 2 aromatic rings. The summed E-state index contributed by atoms with van der Waals surface area (Å²) in [4.78, 5) is 29.4. The van der Waals surface area contributed by atoms with Crippen LogP contribution in [-0.2, 0) is 16.1 Å². The third-order valence-corrected chi connectivity index (χ3v) is 6.23. The van der Waals surface area contributed by atoms with E-state index in [0.717, 1.165) is 56.6 Å². The Morgan fingerprint density at radius 2 is 1.90 bits per heavy atom. The fourth-order valence-electron chi connectivity index (χ4n) is 4.37. The molecule has 2 aliphatic rings. The lowest BCUT2D eigenvalue weighted by Gasteiger charge is -2.32. The van der Waals surface area contributed by atoms with Crippen molar-refractivity contribution in [1.29, 1.82) is 0 Å². The number of fused-ring (bicyclic) bond motifs is 1. The first-order chi connectivity index (χ1) is 14.1. The second-order valence-electron chi connectivity index (χ2n) is 8.34. The average Bonchev–Trinajstić information content (AvgIpc) is 2.76. The highest BCUT2D eigenvalue weighted by atomic mass is 16.5. The number of morpholine rings is 1. The molecule has 3 heterocycles. The van der Waals surface area contributed by atoms with Gasteiger partial charge in [-0.25, -0.2) is 0 Å². The number of aryl methyl sites for hydroxylation is 1.